The Balaban J connectivity index is 0.00000220. The van der Waals surface area contributed by atoms with Crippen molar-refractivity contribution in [2.45, 2.75) is 25.4 Å². The predicted octanol–water partition coefficient (Wildman–Crippen LogP) is 3.19. The topological polar surface area (TPSA) is 68.0 Å². The normalized spacial score (nSPS) is 12.3. The van der Waals surface area contributed by atoms with Crippen LogP contribution in [-0.2, 0) is 4.79 Å². The van der Waals surface area contributed by atoms with Crippen molar-refractivity contribution < 1.29 is 4.79 Å². The minimum Gasteiger partial charge on any atom is -0.350 e. The fraction of sp³-hybridized carbons (Fsp3) is 0.250. The van der Waals surface area contributed by atoms with Crippen molar-refractivity contribution in [3.63, 3.8) is 0 Å². The van der Waals surface area contributed by atoms with Gasteiger partial charge >= 0.3 is 0 Å². The van der Waals surface area contributed by atoms with Crippen molar-refractivity contribution >= 4 is 30.7 Å². The third-order valence-corrected chi connectivity index (χ3v) is 3.22. The molecule has 1 heterocycles. The van der Waals surface area contributed by atoms with Crippen molar-refractivity contribution in [1.82, 2.24) is 10.3 Å². The van der Waals surface area contributed by atoms with Crippen LogP contribution in [0.2, 0.25) is 0 Å². The number of amides is 1. The van der Waals surface area contributed by atoms with Crippen LogP contribution in [0.4, 0.5) is 0 Å². The highest BCUT2D eigenvalue weighted by molar-refractivity contribution is 5.85. The number of aromatic nitrogens is 1. The molecule has 0 saturated carbocycles. The van der Waals surface area contributed by atoms with Gasteiger partial charge in [-0.1, -0.05) is 30.3 Å². The average Bonchev–Trinajstić information content (AvgIpc) is 2.49. The molecule has 1 aromatic heterocycles. The molecule has 1 aromatic carbocycles. The number of nitrogens with zero attached hydrogens (tertiary/aromatic N) is 1. The Hall–Kier alpha value is -1.62. The van der Waals surface area contributed by atoms with Gasteiger partial charge in [-0.3, -0.25) is 9.78 Å². The molecule has 22 heavy (non-hydrogen) atoms. The molecular weight excluding hydrogens is 321 g/mol. The summed E-state index contributed by atoms with van der Waals surface area (Å²) in [6.45, 7) is 1.95. The summed E-state index contributed by atoms with van der Waals surface area (Å²) in [6.07, 6.45) is 3.71. The summed E-state index contributed by atoms with van der Waals surface area (Å²) in [5, 5.41) is 2.95. The molecule has 0 bridgehead atoms. The fourth-order valence-electron chi connectivity index (χ4n) is 2.05. The summed E-state index contributed by atoms with van der Waals surface area (Å²) in [4.78, 5) is 16.0. The molecule has 0 saturated heterocycles. The molecule has 2 rings (SSSR count). The van der Waals surface area contributed by atoms with E-state index < -0.39 is 0 Å². The number of carbonyl (C=O) groups is 1. The van der Waals surface area contributed by atoms with Gasteiger partial charge in [0.1, 0.15) is 0 Å². The van der Waals surface area contributed by atoms with Gasteiger partial charge in [0.2, 0.25) is 5.91 Å². The fourth-order valence-corrected chi connectivity index (χ4v) is 2.05. The maximum atomic E-state index is 12.0. The quantitative estimate of drug-likeness (QED) is 0.877. The zero-order valence-corrected chi connectivity index (χ0v) is 13.9. The third kappa shape index (κ3) is 6.02. The van der Waals surface area contributed by atoms with Gasteiger partial charge in [0.25, 0.3) is 0 Å². The first-order valence-corrected chi connectivity index (χ1v) is 6.66. The van der Waals surface area contributed by atoms with Gasteiger partial charge in [0.15, 0.2) is 0 Å². The first kappa shape index (κ1) is 20.4. The maximum absolute atomic E-state index is 12.0. The summed E-state index contributed by atoms with van der Waals surface area (Å²) in [7, 11) is 0. The van der Waals surface area contributed by atoms with E-state index in [1.807, 2.05) is 49.4 Å². The lowest BCUT2D eigenvalue weighted by Crippen LogP contribution is -2.29. The van der Waals surface area contributed by atoms with Crippen molar-refractivity contribution in [3.05, 3.63) is 66.0 Å². The maximum Gasteiger partial charge on any atom is 0.222 e. The largest absolute Gasteiger partial charge is 0.350 e. The number of hydrogen-bond donors (Lipinski definition) is 2. The molecule has 0 aliphatic carbocycles. The first-order chi connectivity index (χ1) is 9.66. The number of pyridine rings is 1. The first-order valence-electron chi connectivity index (χ1n) is 6.66. The van der Waals surface area contributed by atoms with E-state index >= 15 is 0 Å². The average molecular weight is 342 g/mol. The second kappa shape index (κ2) is 10.2. The van der Waals surface area contributed by atoms with Gasteiger partial charge in [0, 0.05) is 24.9 Å². The molecule has 2 aromatic rings. The smallest absolute Gasteiger partial charge is 0.222 e. The van der Waals surface area contributed by atoms with Crippen LogP contribution in [0, 0.1) is 0 Å². The molecule has 0 fully saturated rings. The molecule has 120 valence electrons. The van der Waals surface area contributed by atoms with Crippen LogP contribution in [0.15, 0.2) is 54.9 Å². The van der Waals surface area contributed by atoms with E-state index in [4.69, 9.17) is 5.73 Å². The number of nitrogens with one attached hydrogen (secondary N) is 1. The van der Waals surface area contributed by atoms with Crippen LogP contribution >= 0.6 is 24.8 Å². The Kier molecular flexibility index (Phi) is 9.42. The minimum atomic E-state index is -0.277. The summed E-state index contributed by atoms with van der Waals surface area (Å²) >= 11 is 0. The Bertz CT molecular complexity index is 502. The van der Waals surface area contributed by atoms with Crippen LogP contribution in [0.1, 0.15) is 36.6 Å². The highest BCUT2D eigenvalue weighted by atomic mass is 35.5. The molecule has 6 heteroatoms. The van der Waals surface area contributed by atoms with E-state index in [1.54, 1.807) is 12.4 Å². The van der Waals surface area contributed by atoms with E-state index in [1.165, 1.54) is 0 Å². The SMILES string of the molecule is CC(NC(=O)CC(N)c1ccccc1)c1ccncc1.Cl.Cl. The van der Waals surface area contributed by atoms with Crippen molar-refractivity contribution in [2.24, 2.45) is 5.73 Å². The lowest BCUT2D eigenvalue weighted by molar-refractivity contribution is -0.122. The Labute approximate surface area is 143 Å². The molecular formula is C16H21Cl2N3O. The third-order valence-electron chi connectivity index (χ3n) is 3.22. The van der Waals surface area contributed by atoms with Crippen LogP contribution in [-0.4, -0.2) is 10.9 Å². The molecule has 0 aliphatic rings. The lowest BCUT2D eigenvalue weighted by atomic mass is 10.0. The van der Waals surface area contributed by atoms with E-state index in [2.05, 4.69) is 10.3 Å². The second-order valence-corrected chi connectivity index (χ2v) is 4.79. The van der Waals surface area contributed by atoms with Gasteiger partial charge in [0.05, 0.1) is 6.04 Å². The summed E-state index contributed by atoms with van der Waals surface area (Å²) in [5.41, 5.74) is 8.04. The predicted molar refractivity (Wildman–Crippen MR) is 93.3 cm³/mol. The Morgan fingerprint density at radius 2 is 1.68 bits per heavy atom. The summed E-state index contributed by atoms with van der Waals surface area (Å²) < 4.78 is 0. The van der Waals surface area contributed by atoms with Gasteiger partial charge in [-0.15, -0.1) is 24.8 Å². The van der Waals surface area contributed by atoms with Crippen LogP contribution < -0.4 is 11.1 Å². The monoisotopic (exact) mass is 341 g/mol. The molecule has 4 nitrogen and oxygen atoms in total. The van der Waals surface area contributed by atoms with Gasteiger partial charge in [-0.25, -0.2) is 0 Å². The standard InChI is InChI=1S/C16H19N3O.2ClH/c1-12(13-7-9-18-10-8-13)19-16(20)11-15(17)14-5-3-2-4-6-14;;/h2-10,12,15H,11,17H2,1H3,(H,19,20);2*1H. The van der Waals surface area contributed by atoms with Crippen LogP contribution in [0.25, 0.3) is 0 Å². The Morgan fingerprint density at radius 3 is 2.27 bits per heavy atom. The lowest BCUT2D eigenvalue weighted by Gasteiger charge is -2.16. The second-order valence-electron chi connectivity index (χ2n) is 4.79. The minimum absolute atomic E-state index is 0. The highest BCUT2D eigenvalue weighted by Crippen LogP contribution is 2.15. The molecule has 1 amide bonds. The summed E-state index contributed by atoms with van der Waals surface area (Å²) in [5.74, 6) is -0.0503. The molecule has 3 N–H and O–H groups in total. The number of benzene rings is 1. The van der Waals surface area contributed by atoms with E-state index in [0.29, 0.717) is 0 Å². The number of nitrogens with two attached hydrogens (primary N) is 1. The zero-order valence-electron chi connectivity index (χ0n) is 12.3. The molecule has 0 radical (unpaired) electrons. The van der Waals surface area contributed by atoms with E-state index in [9.17, 15) is 4.79 Å². The summed E-state index contributed by atoms with van der Waals surface area (Å²) in [6, 6.07) is 13.1. The number of hydrogen-bond acceptors (Lipinski definition) is 3. The molecule has 2 unspecified atom stereocenters. The molecule has 0 aliphatic heterocycles. The van der Waals surface area contributed by atoms with Gasteiger partial charge in [-0.2, -0.15) is 0 Å². The van der Waals surface area contributed by atoms with Gasteiger partial charge < -0.3 is 11.1 Å². The van der Waals surface area contributed by atoms with Crippen molar-refractivity contribution in [1.29, 1.82) is 0 Å². The number of carbonyl (C=O) groups excluding carboxylic acids is 1. The highest BCUT2D eigenvalue weighted by Gasteiger charge is 2.14. The van der Waals surface area contributed by atoms with Crippen LogP contribution in [0.5, 0.6) is 0 Å². The van der Waals surface area contributed by atoms with Gasteiger partial charge in [-0.05, 0) is 30.2 Å². The Morgan fingerprint density at radius 1 is 1.09 bits per heavy atom. The van der Waals surface area contributed by atoms with Crippen molar-refractivity contribution in [2.75, 3.05) is 0 Å². The zero-order chi connectivity index (χ0) is 14.4. The van der Waals surface area contributed by atoms with Crippen LogP contribution in [0.3, 0.4) is 0 Å². The number of rotatable bonds is 5. The van der Waals surface area contributed by atoms with E-state index in [0.717, 1.165) is 11.1 Å². The molecule has 2 atom stereocenters. The molecule has 0 spiro atoms. The van der Waals surface area contributed by atoms with E-state index in [-0.39, 0.29) is 49.2 Å². The number of halogens is 2. The van der Waals surface area contributed by atoms with Crippen molar-refractivity contribution in [3.8, 4) is 0 Å².